The van der Waals surface area contributed by atoms with E-state index in [0.717, 1.165) is 0 Å². The van der Waals surface area contributed by atoms with Crippen molar-refractivity contribution in [1.82, 2.24) is 0 Å². The summed E-state index contributed by atoms with van der Waals surface area (Å²) in [6.45, 7) is 1.84. The van der Waals surface area contributed by atoms with Gasteiger partial charge in [0, 0.05) is 16.9 Å². The van der Waals surface area contributed by atoms with Crippen LogP contribution in [0.2, 0.25) is 0 Å². The third-order valence-corrected chi connectivity index (χ3v) is 5.12. The largest absolute Gasteiger partial charge is 0.484 e. The van der Waals surface area contributed by atoms with Gasteiger partial charge in [0.1, 0.15) is 24.2 Å². The summed E-state index contributed by atoms with van der Waals surface area (Å²) in [5.74, 6) is 0.257. The Bertz CT molecular complexity index is 1370. The highest BCUT2D eigenvalue weighted by molar-refractivity contribution is 6.08. The Labute approximate surface area is 196 Å². The minimum Gasteiger partial charge on any atom is -0.484 e. The van der Waals surface area contributed by atoms with E-state index in [4.69, 9.17) is 14.4 Å². The number of hydrogen-bond donors (Lipinski definition) is 2. The second-order valence-electron chi connectivity index (χ2n) is 7.42. The van der Waals surface area contributed by atoms with Crippen molar-refractivity contribution >= 4 is 23.2 Å². The molecule has 0 saturated carbocycles. The molecule has 0 unspecified atom stereocenters. The van der Waals surface area contributed by atoms with Gasteiger partial charge < -0.3 is 19.8 Å². The number of anilines is 2. The van der Waals surface area contributed by atoms with Crippen molar-refractivity contribution < 1.29 is 18.7 Å². The third-order valence-electron chi connectivity index (χ3n) is 5.12. The van der Waals surface area contributed by atoms with E-state index in [1.54, 1.807) is 73.7 Å². The Hall–Kier alpha value is -4.83. The van der Waals surface area contributed by atoms with Gasteiger partial charge in [0.05, 0.1) is 5.56 Å². The lowest BCUT2D eigenvalue weighted by molar-refractivity contribution is 0.0989. The molecule has 2 amide bonds. The van der Waals surface area contributed by atoms with Crippen LogP contribution in [0.25, 0.3) is 0 Å². The fraction of sp³-hybridized carbons (Fsp3) is 0.0741. The summed E-state index contributed by atoms with van der Waals surface area (Å²) < 4.78 is 11.3. The van der Waals surface area contributed by atoms with E-state index in [0.29, 0.717) is 39.6 Å². The van der Waals surface area contributed by atoms with E-state index in [1.807, 2.05) is 18.2 Å². The van der Waals surface area contributed by atoms with Gasteiger partial charge in [-0.25, -0.2) is 0 Å². The number of benzene rings is 3. The quantitative estimate of drug-likeness (QED) is 0.384. The standard InChI is InChI=1S/C27H21N3O4/c1-18-22(26(31)29-20-9-3-2-4-10-20)11-7-12-23(18)30-27(32)25-15-14-21(34-25)17-33-24-13-6-5-8-19(24)16-28/h2-15H,17H2,1H3,(H,29,31)(H,30,32). The van der Waals surface area contributed by atoms with Crippen molar-refractivity contribution in [1.29, 1.82) is 5.26 Å². The molecule has 1 aromatic heterocycles. The molecule has 7 nitrogen and oxygen atoms in total. The van der Waals surface area contributed by atoms with Crippen LogP contribution in [0.4, 0.5) is 11.4 Å². The smallest absolute Gasteiger partial charge is 0.291 e. The minimum atomic E-state index is -0.451. The second kappa shape index (κ2) is 10.2. The number of ether oxygens (including phenoxy) is 1. The molecular formula is C27H21N3O4. The van der Waals surface area contributed by atoms with Crippen LogP contribution in [0.5, 0.6) is 5.75 Å². The van der Waals surface area contributed by atoms with Crippen LogP contribution in [0.1, 0.15) is 37.8 Å². The molecule has 4 aromatic rings. The predicted octanol–water partition coefficient (Wildman–Crippen LogP) is 5.54. The Morgan fingerprint density at radius 2 is 1.65 bits per heavy atom. The maximum Gasteiger partial charge on any atom is 0.291 e. The van der Waals surface area contributed by atoms with E-state index >= 15 is 0 Å². The normalized spacial score (nSPS) is 10.2. The molecule has 7 heteroatoms. The first-order chi connectivity index (χ1) is 16.5. The van der Waals surface area contributed by atoms with Gasteiger partial charge in [-0.1, -0.05) is 36.4 Å². The molecule has 0 aliphatic rings. The molecule has 0 saturated heterocycles. The first-order valence-corrected chi connectivity index (χ1v) is 10.5. The Morgan fingerprint density at radius 3 is 2.44 bits per heavy atom. The van der Waals surface area contributed by atoms with Gasteiger partial charge in [0.15, 0.2) is 5.76 Å². The molecule has 0 aliphatic carbocycles. The monoisotopic (exact) mass is 451 g/mol. The number of carbonyl (C=O) groups is 2. The van der Waals surface area contributed by atoms with E-state index in [1.165, 1.54) is 0 Å². The minimum absolute atomic E-state index is 0.0696. The van der Waals surface area contributed by atoms with Crippen LogP contribution in [-0.4, -0.2) is 11.8 Å². The highest BCUT2D eigenvalue weighted by Gasteiger charge is 2.16. The molecule has 2 N–H and O–H groups in total. The number of nitriles is 1. The van der Waals surface area contributed by atoms with Crippen molar-refractivity contribution in [2.24, 2.45) is 0 Å². The number of para-hydroxylation sites is 2. The number of nitrogens with zero attached hydrogens (tertiary/aromatic N) is 1. The van der Waals surface area contributed by atoms with Crippen molar-refractivity contribution in [3.05, 3.63) is 113 Å². The highest BCUT2D eigenvalue weighted by atomic mass is 16.5. The van der Waals surface area contributed by atoms with Gasteiger partial charge in [0.2, 0.25) is 0 Å². The molecule has 168 valence electrons. The molecule has 34 heavy (non-hydrogen) atoms. The summed E-state index contributed by atoms with van der Waals surface area (Å²) in [5, 5.41) is 14.8. The fourth-order valence-corrected chi connectivity index (χ4v) is 3.33. The number of carbonyl (C=O) groups excluding carboxylic acids is 2. The van der Waals surface area contributed by atoms with Gasteiger partial charge in [-0.15, -0.1) is 0 Å². The molecule has 0 radical (unpaired) electrons. The Kier molecular flexibility index (Phi) is 6.70. The lowest BCUT2D eigenvalue weighted by atomic mass is 10.1. The number of rotatable bonds is 7. The SMILES string of the molecule is Cc1c(NC(=O)c2ccc(COc3ccccc3C#N)o2)cccc1C(=O)Nc1ccccc1. The first kappa shape index (κ1) is 22.4. The number of amides is 2. The number of furan rings is 1. The van der Waals surface area contributed by atoms with E-state index in [9.17, 15) is 9.59 Å². The number of nitrogens with one attached hydrogen (secondary N) is 2. The summed E-state index contributed by atoms with van der Waals surface area (Å²) in [4.78, 5) is 25.4. The molecule has 0 spiro atoms. The van der Waals surface area contributed by atoms with Gasteiger partial charge in [-0.2, -0.15) is 5.26 Å². The first-order valence-electron chi connectivity index (χ1n) is 10.5. The maximum absolute atomic E-state index is 12.7. The maximum atomic E-state index is 12.7. The van der Waals surface area contributed by atoms with E-state index < -0.39 is 5.91 Å². The molecule has 0 atom stereocenters. The summed E-state index contributed by atoms with van der Waals surface area (Å²) in [7, 11) is 0. The summed E-state index contributed by atoms with van der Waals surface area (Å²) in [6.07, 6.45) is 0. The summed E-state index contributed by atoms with van der Waals surface area (Å²) in [5.41, 5.74) is 2.68. The highest BCUT2D eigenvalue weighted by Crippen LogP contribution is 2.22. The van der Waals surface area contributed by atoms with E-state index in [-0.39, 0.29) is 18.3 Å². The van der Waals surface area contributed by atoms with Crippen LogP contribution in [-0.2, 0) is 6.61 Å². The van der Waals surface area contributed by atoms with Crippen LogP contribution >= 0.6 is 0 Å². The van der Waals surface area contributed by atoms with Gasteiger partial charge in [-0.3, -0.25) is 9.59 Å². The lowest BCUT2D eigenvalue weighted by Gasteiger charge is -2.12. The van der Waals surface area contributed by atoms with Crippen molar-refractivity contribution in [3.63, 3.8) is 0 Å². The number of hydrogen-bond acceptors (Lipinski definition) is 5. The van der Waals surface area contributed by atoms with Gasteiger partial charge in [-0.05, 0) is 61.0 Å². The zero-order valence-electron chi connectivity index (χ0n) is 18.4. The second-order valence-corrected chi connectivity index (χ2v) is 7.42. The summed E-state index contributed by atoms with van der Waals surface area (Å²) >= 11 is 0. The van der Waals surface area contributed by atoms with Crippen LogP contribution in [0.15, 0.2) is 89.3 Å². The molecule has 3 aromatic carbocycles. The Balaban J connectivity index is 1.42. The molecule has 0 fully saturated rings. The molecule has 0 bridgehead atoms. The zero-order chi connectivity index (χ0) is 23.9. The molecule has 1 heterocycles. The van der Waals surface area contributed by atoms with Crippen molar-refractivity contribution in [3.8, 4) is 11.8 Å². The summed E-state index contributed by atoms with van der Waals surface area (Å²) in [6, 6.07) is 26.4. The van der Waals surface area contributed by atoms with Crippen molar-refractivity contribution in [2.75, 3.05) is 10.6 Å². The Morgan fingerprint density at radius 1 is 0.882 bits per heavy atom. The van der Waals surface area contributed by atoms with Crippen LogP contribution in [0.3, 0.4) is 0 Å². The van der Waals surface area contributed by atoms with Crippen LogP contribution < -0.4 is 15.4 Å². The average molecular weight is 451 g/mol. The molecule has 4 rings (SSSR count). The predicted molar refractivity (Wildman–Crippen MR) is 128 cm³/mol. The lowest BCUT2D eigenvalue weighted by Crippen LogP contribution is -2.16. The van der Waals surface area contributed by atoms with Crippen LogP contribution in [0, 0.1) is 18.3 Å². The van der Waals surface area contributed by atoms with Crippen molar-refractivity contribution in [2.45, 2.75) is 13.5 Å². The molecule has 0 aliphatic heterocycles. The average Bonchev–Trinajstić information content (AvgIpc) is 3.34. The van der Waals surface area contributed by atoms with E-state index in [2.05, 4.69) is 16.7 Å². The topological polar surface area (TPSA) is 104 Å². The molecular weight excluding hydrogens is 430 g/mol. The zero-order valence-corrected chi connectivity index (χ0v) is 18.4. The third kappa shape index (κ3) is 5.14. The fourth-order valence-electron chi connectivity index (χ4n) is 3.33. The van der Waals surface area contributed by atoms with Gasteiger partial charge >= 0.3 is 0 Å². The van der Waals surface area contributed by atoms with Gasteiger partial charge in [0.25, 0.3) is 11.8 Å².